The summed E-state index contributed by atoms with van der Waals surface area (Å²) in [6.07, 6.45) is 3.69. The molecule has 0 radical (unpaired) electrons. The number of ether oxygens (including phenoxy) is 1. The summed E-state index contributed by atoms with van der Waals surface area (Å²) in [4.78, 5) is 24.4. The highest BCUT2D eigenvalue weighted by Gasteiger charge is 2.24. The Hall–Kier alpha value is -2.41. The molecule has 0 spiro atoms. The van der Waals surface area contributed by atoms with E-state index >= 15 is 0 Å². The number of nitrogens with one attached hydrogen (secondary N) is 1. The smallest absolute Gasteiger partial charge is 0.256 e. The third kappa shape index (κ3) is 3.26. The molecule has 0 saturated heterocycles. The Morgan fingerprint density at radius 3 is 3.04 bits per heavy atom. The van der Waals surface area contributed by atoms with E-state index in [4.69, 9.17) is 9.26 Å². The van der Waals surface area contributed by atoms with Crippen LogP contribution in [0, 0.1) is 6.92 Å². The molecule has 1 unspecified atom stereocenters. The van der Waals surface area contributed by atoms with Gasteiger partial charge in [0.05, 0.1) is 12.8 Å². The number of aromatic nitrogens is 2. The molecular weight excluding hydrogens is 310 g/mol. The minimum atomic E-state index is -0.171. The van der Waals surface area contributed by atoms with Crippen LogP contribution in [0.15, 0.2) is 27.6 Å². The van der Waals surface area contributed by atoms with Crippen LogP contribution in [-0.2, 0) is 24.1 Å². The lowest BCUT2D eigenvalue weighted by Gasteiger charge is -2.27. The van der Waals surface area contributed by atoms with Gasteiger partial charge in [0.2, 0.25) is 0 Å². The maximum absolute atomic E-state index is 12.3. The largest absolute Gasteiger partial charge is 0.383 e. The fraction of sp³-hybridized carbons (Fsp3) is 0.471. The molecule has 7 heteroatoms. The van der Waals surface area contributed by atoms with Gasteiger partial charge in [-0.15, -0.1) is 0 Å². The summed E-state index contributed by atoms with van der Waals surface area (Å²) in [5, 5.41) is 6.67. The van der Waals surface area contributed by atoms with E-state index in [9.17, 15) is 9.59 Å². The van der Waals surface area contributed by atoms with Crippen LogP contribution in [0.2, 0.25) is 0 Å². The van der Waals surface area contributed by atoms with Gasteiger partial charge in [0.25, 0.3) is 11.5 Å². The highest BCUT2D eigenvalue weighted by molar-refractivity contribution is 5.94. The van der Waals surface area contributed by atoms with E-state index < -0.39 is 0 Å². The van der Waals surface area contributed by atoms with Gasteiger partial charge >= 0.3 is 0 Å². The zero-order valence-electron chi connectivity index (χ0n) is 13.9. The van der Waals surface area contributed by atoms with Crippen LogP contribution in [0.4, 0.5) is 0 Å². The second-order valence-corrected chi connectivity index (χ2v) is 6.00. The SMILES string of the molecule is COCCn1c2c(ccc1=O)CC(NC(=O)c1cnoc1C)CC2. The Kier molecular flexibility index (Phi) is 4.80. The van der Waals surface area contributed by atoms with Gasteiger partial charge in [-0.1, -0.05) is 11.2 Å². The first kappa shape index (κ1) is 16.4. The summed E-state index contributed by atoms with van der Waals surface area (Å²) < 4.78 is 11.8. The number of nitrogens with zero attached hydrogens (tertiary/aromatic N) is 2. The summed E-state index contributed by atoms with van der Waals surface area (Å²) in [7, 11) is 1.62. The Balaban J connectivity index is 1.74. The Morgan fingerprint density at radius 2 is 2.33 bits per heavy atom. The third-order valence-corrected chi connectivity index (χ3v) is 4.44. The molecule has 2 aromatic rings. The van der Waals surface area contributed by atoms with E-state index in [1.54, 1.807) is 24.7 Å². The lowest BCUT2D eigenvalue weighted by Crippen LogP contribution is -2.40. The van der Waals surface area contributed by atoms with Crippen molar-refractivity contribution in [1.82, 2.24) is 15.0 Å². The zero-order valence-corrected chi connectivity index (χ0v) is 13.9. The third-order valence-electron chi connectivity index (χ3n) is 4.44. The quantitative estimate of drug-likeness (QED) is 0.886. The normalized spacial score (nSPS) is 16.7. The van der Waals surface area contributed by atoms with Crippen LogP contribution in [0.3, 0.4) is 0 Å². The summed E-state index contributed by atoms with van der Waals surface area (Å²) >= 11 is 0. The first-order chi connectivity index (χ1) is 11.6. The molecule has 3 rings (SSSR count). The molecule has 1 aliphatic rings. The number of pyridine rings is 1. The molecule has 128 valence electrons. The van der Waals surface area contributed by atoms with Crippen molar-refractivity contribution in [2.75, 3.05) is 13.7 Å². The number of carbonyl (C=O) groups excluding carboxylic acids is 1. The summed E-state index contributed by atoms with van der Waals surface area (Å²) in [6, 6.07) is 3.49. The van der Waals surface area contributed by atoms with E-state index in [0.717, 1.165) is 24.1 Å². The van der Waals surface area contributed by atoms with Crippen molar-refractivity contribution in [3.63, 3.8) is 0 Å². The average molecular weight is 331 g/mol. The fourth-order valence-electron chi connectivity index (χ4n) is 3.16. The van der Waals surface area contributed by atoms with Crippen molar-refractivity contribution >= 4 is 5.91 Å². The van der Waals surface area contributed by atoms with Crippen molar-refractivity contribution in [1.29, 1.82) is 0 Å². The molecule has 1 N–H and O–H groups in total. The molecule has 2 heterocycles. The van der Waals surface area contributed by atoms with Crippen LogP contribution in [0.1, 0.15) is 33.8 Å². The van der Waals surface area contributed by atoms with Gasteiger partial charge in [-0.3, -0.25) is 9.59 Å². The first-order valence-corrected chi connectivity index (χ1v) is 8.03. The number of hydrogen-bond acceptors (Lipinski definition) is 5. The molecule has 0 bridgehead atoms. The predicted molar refractivity (Wildman–Crippen MR) is 87.1 cm³/mol. The summed E-state index contributed by atoms with van der Waals surface area (Å²) in [5.74, 6) is 0.340. The van der Waals surface area contributed by atoms with Gasteiger partial charge in [0, 0.05) is 31.5 Å². The van der Waals surface area contributed by atoms with Crippen molar-refractivity contribution in [2.45, 2.75) is 38.8 Å². The number of fused-ring (bicyclic) bond motifs is 1. The minimum Gasteiger partial charge on any atom is -0.383 e. The molecule has 1 amide bonds. The van der Waals surface area contributed by atoms with Gasteiger partial charge in [-0.25, -0.2) is 0 Å². The Bertz CT molecular complexity index is 793. The monoisotopic (exact) mass is 331 g/mol. The van der Waals surface area contributed by atoms with Crippen molar-refractivity contribution in [3.05, 3.63) is 51.3 Å². The number of hydrogen-bond donors (Lipinski definition) is 1. The van der Waals surface area contributed by atoms with Crippen molar-refractivity contribution < 1.29 is 14.1 Å². The van der Waals surface area contributed by atoms with E-state index in [1.165, 1.54) is 6.20 Å². The van der Waals surface area contributed by atoms with E-state index in [0.29, 0.717) is 30.9 Å². The minimum absolute atomic E-state index is 0.00613. The lowest BCUT2D eigenvalue weighted by molar-refractivity contribution is 0.0931. The first-order valence-electron chi connectivity index (χ1n) is 8.03. The molecule has 0 saturated carbocycles. The Morgan fingerprint density at radius 1 is 1.50 bits per heavy atom. The number of rotatable bonds is 5. The van der Waals surface area contributed by atoms with E-state index in [1.807, 2.05) is 6.07 Å². The molecule has 0 fully saturated rings. The van der Waals surface area contributed by atoms with Gasteiger partial charge in [0.1, 0.15) is 11.3 Å². The van der Waals surface area contributed by atoms with Crippen molar-refractivity contribution in [2.24, 2.45) is 0 Å². The fourth-order valence-corrected chi connectivity index (χ4v) is 3.16. The Labute approximate surface area is 139 Å². The van der Waals surface area contributed by atoms with Gasteiger partial charge in [-0.05, 0) is 31.7 Å². The van der Waals surface area contributed by atoms with Crippen LogP contribution < -0.4 is 10.9 Å². The number of aryl methyl sites for hydroxylation is 1. The molecule has 1 aliphatic carbocycles. The number of methoxy groups -OCH3 is 1. The standard InChI is InChI=1S/C17H21N3O4/c1-11-14(10-18-24-11)17(22)19-13-4-5-15-12(9-13)3-6-16(21)20(15)7-8-23-2/h3,6,10,13H,4-5,7-9H2,1-2H3,(H,19,22). The van der Waals surface area contributed by atoms with Gasteiger partial charge in [0.15, 0.2) is 0 Å². The van der Waals surface area contributed by atoms with Crippen LogP contribution in [0.5, 0.6) is 0 Å². The average Bonchev–Trinajstić information content (AvgIpc) is 3.00. The second-order valence-electron chi connectivity index (χ2n) is 6.00. The van der Waals surface area contributed by atoms with Crippen molar-refractivity contribution in [3.8, 4) is 0 Å². The van der Waals surface area contributed by atoms with Crippen LogP contribution >= 0.6 is 0 Å². The van der Waals surface area contributed by atoms with Crippen LogP contribution in [-0.4, -0.2) is 35.4 Å². The topological polar surface area (TPSA) is 86.4 Å². The maximum atomic E-state index is 12.3. The highest BCUT2D eigenvalue weighted by atomic mass is 16.5. The summed E-state index contributed by atoms with van der Waals surface area (Å²) in [5.41, 5.74) is 2.61. The van der Waals surface area contributed by atoms with Gasteiger partial charge < -0.3 is 19.1 Å². The second kappa shape index (κ2) is 7.00. The highest BCUT2D eigenvalue weighted by Crippen LogP contribution is 2.21. The lowest BCUT2D eigenvalue weighted by atomic mass is 9.91. The molecule has 1 atom stereocenters. The predicted octanol–water partition coefficient (Wildman–Crippen LogP) is 1.08. The zero-order chi connectivity index (χ0) is 17.1. The summed E-state index contributed by atoms with van der Waals surface area (Å²) in [6.45, 7) is 2.77. The molecular formula is C17H21N3O4. The molecule has 0 aromatic carbocycles. The van der Waals surface area contributed by atoms with E-state index in [-0.39, 0.29) is 17.5 Å². The molecule has 24 heavy (non-hydrogen) atoms. The number of carbonyl (C=O) groups is 1. The maximum Gasteiger partial charge on any atom is 0.256 e. The molecule has 2 aromatic heterocycles. The molecule has 7 nitrogen and oxygen atoms in total. The van der Waals surface area contributed by atoms with Crippen LogP contribution in [0.25, 0.3) is 0 Å². The number of amides is 1. The van der Waals surface area contributed by atoms with Gasteiger partial charge in [-0.2, -0.15) is 0 Å². The molecule has 0 aliphatic heterocycles. The van der Waals surface area contributed by atoms with E-state index in [2.05, 4.69) is 10.5 Å².